The van der Waals surface area contributed by atoms with Crippen LogP contribution in [-0.4, -0.2) is 47.8 Å². The second-order valence-corrected chi connectivity index (χ2v) is 12.6. The Morgan fingerprint density at radius 1 is 1.00 bits per heavy atom. The summed E-state index contributed by atoms with van der Waals surface area (Å²) in [5, 5.41) is 7.31. The van der Waals surface area contributed by atoms with E-state index in [1.807, 2.05) is 20.8 Å². The maximum Gasteiger partial charge on any atom is 0.410 e. The lowest BCUT2D eigenvalue weighted by molar-refractivity contribution is -0.126. The number of ether oxygens (including phenoxy) is 1. The number of oxime groups is 1. The first-order valence-electron chi connectivity index (χ1n) is 15.8. The lowest BCUT2D eigenvalue weighted by Gasteiger charge is -2.32. The third-order valence-corrected chi connectivity index (χ3v) is 7.37. The standard InChI is InChI=1S/C34H55N3O4/c1-8-9-10-11-12-13-14-15-16-28-17-19-29(20-18-28)31(26(2)3)36-41-27(4)25-35-32(38)30-21-23-37(24-22-30)33(39)40-34(5,6)7/h17-20,26,30H,4,8-16,21-25H2,1-3,5-7H3,(H,35,38)/b36-31+. The topological polar surface area (TPSA) is 80.2 Å². The molecule has 0 aromatic heterocycles. The molecule has 230 valence electrons. The van der Waals surface area contributed by atoms with Crippen molar-refractivity contribution in [2.45, 2.75) is 118 Å². The van der Waals surface area contributed by atoms with Gasteiger partial charge in [-0.2, -0.15) is 0 Å². The van der Waals surface area contributed by atoms with Gasteiger partial charge in [-0.3, -0.25) is 4.79 Å². The Morgan fingerprint density at radius 2 is 1.59 bits per heavy atom. The van der Waals surface area contributed by atoms with Gasteiger partial charge in [0, 0.05) is 19.0 Å². The Kier molecular flexibility index (Phi) is 15.0. The predicted molar refractivity (Wildman–Crippen MR) is 168 cm³/mol. The number of nitrogens with zero attached hydrogens (tertiary/aromatic N) is 2. The Labute approximate surface area is 249 Å². The number of hydrogen-bond acceptors (Lipinski definition) is 5. The molecule has 1 aromatic rings. The van der Waals surface area contributed by atoms with Crippen molar-refractivity contribution in [2.24, 2.45) is 17.0 Å². The van der Waals surface area contributed by atoms with Gasteiger partial charge in [0.25, 0.3) is 0 Å². The van der Waals surface area contributed by atoms with E-state index in [4.69, 9.17) is 9.57 Å². The zero-order valence-corrected chi connectivity index (χ0v) is 26.6. The fourth-order valence-corrected chi connectivity index (χ4v) is 4.92. The zero-order chi connectivity index (χ0) is 30.3. The fraction of sp³-hybridized carbons (Fsp3) is 0.676. The number of likely N-dealkylation sites (tertiary alicyclic amines) is 1. The van der Waals surface area contributed by atoms with Crippen molar-refractivity contribution in [1.29, 1.82) is 0 Å². The summed E-state index contributed by atoms with van der Waals surface area (Å²) in [6.45, 7) is 17.1. The van der Waals surface area contributed by atoms with Gasteiger partial charge >= 0.3 is 6.09 Å². The van der Waals surface area contributed by atoms with Crippen molar-refractivity contribution in [2.75, 3.05) is 19.6 Å². The average Bonchev–Trinajstić information content (AvgIpc) is 2.93. The van der Waals surface area contributed by atoms with Crippen LogP contribution in [0.2, 0.25) is 0 Å². The van der Waals surface area contributed by atoms with Gasteiger partial charge in [-0.15, -0.1) is 0 Å². The number of nitrogens with one attached hydrogen (secondary N) is 1. The minimum atomic E-state index is -0.528. The lowest BCUT2D eigenvalue weighted by Crippen LogP contribution is -2.45. The van der Waals surface area contributed by atoms with Gasteiger partial charge in [-0.1, -0.05) is 102 Å². The molecule has 1 saturated heterocycles. The summed E-state index contributed by atoms with van der Waals surface area (Å²) in [5.74, 6) is 0.347. The Hall–Kier alpha value is -2.83. The average molecular weight is 570 g/mol. The van der Waals surface area contributed by atoms with Crippen LogP contribution in [0.4, 0.5) is 4.79 Å². The minimum absolute atomic E-state index is 0.0567. The molecule has 0 saturated carbocycles. The molecule has 1 N–H and O–H groups in total. The first kappa shape index (κ1) is 34.4. The summed E-state index contributed by atoms with van der Waals surface area (Å²) >= 11 is 0. The van der Waals surface area contributed by atoms with Crippen molar-refractivity contribution >= 4 is 17.7 Å². The Morgan fingerprint density at radius 3 is 2.15 bits per heavy atom. The van der Waals surface area contributed by atoms with Crippen LogP contribution in [0.25, 0.3) is 0 Å². The SMILES string of the molecule is C=C(CNC(=O)C1CCN(C(=O)OC(C)(C)C)CC1)O/N=C(/c1ccc(CCCCCCCCCC)cc1)C(C)C. The zero-order valence-electron chi connectivity index (χ0n) is 26.6. The number of carbonyl (C=O) groups is 2. The summed E-state index contributed by atoms with van der Waals surface area (Å²) in [7, 11) is 0. The number of amides is 2. The summed E-state index contributed by atoms with van der Waals surface area (Å²) in [6.07, 6.45) is 12.6. The molecule has 0 unspecified atom stereocenters. The fourth-order valence-electron chi connectivity index (χ4n) is 4.92. The number of carbonyl (C=O) groups excluding carboxylic acids is 2. The normalized spacial score (nSPS) is 14.7. The van der Waals surface area contributed by atoms with E-state index in [-0.39, 0.29) is 30.4 Å². The molecule has 1 fully saturated rings. The van der Waals surface area contributed by atoms with E-state index in [0.29, 0.717) is 31.7 Å². The van der Waals surface area contributed by atoms with Crippen LogP contribution in [0.5, 0.6) is 0 Å². The van der Waals surface area contributed by atoms with Crippen LogP contribution in [-0.2, 0) is 20.8 Å². The second-order valence-electron chi connectivity index (χ2n) is 12.6. The van der Waals surface area contributed by atoms with Gasteiger partial charge in [0.1, 0.15) is 11.4 Å². The first-order chi connectivity index (χ1) is 19.5. The highest BCUT2D eigenvalue weighted by Crippen LogP contribution is 2.20. The molecule has 0 atom stereocenters. The molecule has 1 aliphatic heterocycles. The minimum Gasteiger partial charge on any atom is -0.444 e. The molecule has 2 rings (SSSR count). The van der Waals surface area contributed by atoms with Gasteiger partial charge in [0.05, 0.1) is 12.3 Å². The van der Waals surface area contributed by atoms with Crippen molar-refractivity contribution in [3.8, 4) is 0 Å². The summed E-state index contributed by atoms with van der Waals surface area (Å²) in [5.41, 5.74) is 2.71. The molecule has 7 nitrogen and oxygen atoms in total. The second kappa shape index (κ2) is 17.9. The summed E-state index contributed by atoms with van der Waals surface area (Å²) in [4.78, 5) is 32.2. The molecule has 2 amide bonds. The number of rotatable bonds is 16. The number of unbranched alkanes of at least 4 members (excludes halogenated alkanes) is 7. The predicted octanol–water partition coefficient (Wildman–Crippen LogP) is 8.02. The van der Waals surface area contributed by atoms with Crippen LogP contribution in [0.15, 0.2) is 41.8 Å². The number of hydrogen-bond donors (Lipinski definition) is 1. The third-order valence-electron chi connectivity index (χ3n) is 7.37. The molecular formula is C34H55N3O4. The highest BCUT2D eigenvalue weighted by atomic mass is 16.6. The maximum atomic E-state index is 12.7. The largest absolute Gasteiger partial charge is 0.444 e. The van der Waals surface area contributed by atoms with Gasteiger partial charge in [0.15, 0.2) is 0 Å². The first-order valence-corrected chi connectivity index (χ1v) is 15.8. The monoisotopic (exact) mass is 569 g/mol. The van der Waals surface area contributed by atoms with E-state index < -0.39 is 5.60 Å². The summed E-state index contributed by atoms with van der Waals surface area (Å²) < 4.78 is 5.43. The molecule has 1 heterocycles. The number of aryl methyl sites for hydroxylation is 1. The van der Waals surface area contributed by atoms with E-state index in [2.05, 4.69) is 62.1 Å². The van der Waals surface area contributed by atoms with Crippen molar-refractivity contribution in [3.63, 3.8) is 0 Å². The van der Waals surface area contributed by atoms with Gasteiger partial charge in [-0.05, 0) is 63.5 Å². The van der Waals surface area contributed by atoms with Gasteiger partial charge < -0.3 is 19.8 Å². The van der Waals surface area contributed by atoms with Gasteiger partial charge in [-0.25, -0.2) is 4.79 Å². The molecular weight excluding hydrogens is 514 g/mol. The quantitative estimate of drug-likeness (QED) is 0.0946. The Bertz CT molecular complexity index is 971. The maximum absolute atomic E-state index is 12.7. The van der Waals surface area contributed by atoms with E-state index in [1.54, 1.807) is 4.90 Å². The third kappa shape index (κ3) is 13.6. The molecule has 0 spiro atoms. The van der Waals surface area contributed by atoms with E-state index in [1.165, 1.54) is 56.9 Å². The smallest absolute Gasteiger partial charge is 0.410 e. The molecule has 0 aliphatic carbocycles. The van der Waals surface area contributed by atoms with Gasteiger partial charge in [0.2, 0.25) is 5.91 Å². The van der Waals surface area contributed by atoms with Crippen molar-refractivity contribution in [1.82, 2.24) is 10.2 Å². The number of piperidine rings is 1. The molecule has 1 aromatic carbocycles. The highest BCUT2D eigenvalue weighted by Gasteiger charge is 2.29. The highest BCUT2D eigenvalue weighted by molar-refractivity contribution is 6.01. The van der Waals surface area contributed by atoms with Crippen LogP contribution in [0.3, 0.4) is 0 Å². The van der Waals surface area contributed by atoms with Crippen molar-refractivity contribution in [3.05, 3.63) is 47.7 Å². The number of benzene rings is 1. The molecule has 7 heteroatoms. The molecule has 1 aliphatic rings. The van der Waals surface area contributed by atoms with Crippen LogP contribution in [0, 0.1) is 11.8 Å². The van der Waals surface area contributed by atoms with E-state index >= 15 is 0 Å². The van der Waals surface area contributed by atoms with E-state index in [9.17, 15) is 9.59 Å². The van der Waals surface area contributed by atoms with E-state index in [0.717, 1.165) is 17.7 Å². The summed E-state index contributed by atoms with van der Waals surface area (Å²) in [6, 6.07) is 8.63. The lowest BCUT2D eigenvalue weighted by atomic mass is 9.96. The molecule has 41 heavy (non-hydrogen) atoms. The molecule has 0 bridgehead atoms. The Balaban J connectivity index is 1.74. The molecule has 0 radical (unpaired) electrons. The van der Waals surface area contributed by atoms with Crippen molar-refractivity contribution < 1.29 is 19.2 Å². The van der Waals surface area contributed by atoms with Crippen LogP contribution >= 0.6 is 0 Å². The van der Waals surface area contributed by atoms with Crippen LogP contribution in [0.1, 0.15) is 117 Å². The van der Waals surface area contributed by atoms with Crippen LogP contribution < -0.4 is 5.32 Å².